The molecule has 2 rings (SSSR count). The van der Waals surface area contributed by atoms with Gasteiger partial charge in [-0.25, -0.2) is 4.79 Å². The van der Waals surface area contributed by atoms with Crippen LogP contribution in [0.25, 0.3) is 11.4 Å². The van der Waals surface area contributed by atoms with Crippen molar-refractivity contribution in [2.24, 2.45) is 0 Å². The highest BCUT2D eigenvalue weighted by Crippen LogP contribution is 2.25. The van der Waals surface area contributed by atoms with Gasteiger partial charge in [-0.15, -0.1) is 0 Å². The van der Waals surface area contributed by atoms with Gasteiger partial charge in [0.1, 0.15) is 0 Å². The van der Waals surface area contributed by atoms with E-state index in [0.717, 1.165) is 0 Å². The van der Waals surface area contributed by atoms with E-state index in [2.05, 4.69) is 9.97 Å². The lowest BCUT2D eigenvalue weighted by atomic mass is 9.94. The third-order valence-electron chi connectivity index (χ3n) is 3.70. The number of pyridine rings is 2. The van der Waals surface area contributed by atoms with Gasteiger partial charge in [-0.1, -0.05) is 6.07 Å². The molecule has 0 saturated heterocycles. The highest BCUT2D eigenvalue weighted by molar-refractivity contribution is 6.04. The Morgan fingerprint density at radius 1 is 1.07 bits per heavy atom. The summed E-state index contributed by atoms with van der Waals surface area (Å²) in [6, 6.07) is 4.95. The van der Waals surface area contributed by atoms with Crippen molar-refractivity contribution >= 4 is 17.7 Å². The SMILES string of the molecule is CCOC(=O)Cc1c(C(=O)OCC)c(-c2ccccn2)[nH]c(=O)c1C(C)=O. The van der Waals surface area contributed by atoms with Crippen molar-refractivity contribution in [2.45, 2.75) is 27.2 Å². The third-order valence-corrected chi connectivity index (χ3v) is 3.70. The molecule has 0 spiro atoms. The van der Waals surface area contributed by atoms with Crippen LogP contribution in [0.15, 0.2) is 29.2 Å². The highest BCUT2D eigenvalue weighted by Gasteiger charge is 2.28. The van der Waals surface area contributed by atoms with Gasteiger partial charge in [0.2, 0.25) is 0 Å². The number of nitrogens with zero attached hydrogens (tertiary/aromatic N) is 1. The van der Waals surface area contributed by atoms with Crippen molar-refractivity contribution in [3.05, 3.63) is 51.4 Å². The lowest BCUT2D eigenvalue weighted by Crippen LogP contribution is -2.27. The fraction of sp³-hybridized carbons (Fsp3) is 0.316. The van der Waals surface area contributed by atoms with Crippen LogP contribution in [0.3, 0.4) is 0 Å². The van der Waals surface area contributed by atoms with Crippen LogP contribution in [0.1, 0.15) is 47.1 Å². The Morgan fingerprint density at radius 2 is 1.78 bits per heavy atom. The maximum absolute atomic E-state index is 12.6. The van der Waals surface area contributed by atoms with Gasteiger partial charge in [0.15, 0.2) is 5.78 Å². The first-order valence-electron chi connectivity index (χ1n) is 8.44. The van der Waals surface area contributed by atoms with E-state index < -0.39 is 29.7 Å². The summed E-state index contributed by atoms with van der Waals surface area (Å²) in [5.74, 6) is -2.01. The molecule has 0 aliphatic heterocycles. The maximum Gasteiger partial charge on any atom is 0.340 e. The number of rotatable bonds is 7. The third kappa shape index (κ3) is 4.46. The van der Waals surface area contributed by atoms with Crippen molar-refractivity contribution in [2.75, 3.05) is 13.2 Å². The number of aromatic nitrogens is 2. The van der Waals surface area contributed by atoms with Crippen molar-refractivity contribution in [3.63, 3.8) is 0 Å². The standard InChI is InChI=1S/C19H20N2O6/c1-4-26-14(23)10-12-15(11(3)22)18(24)21-17(13-8-6-7-9-20-13)16(12)19(25)27-5-2/h6-9H,4-5,10H2,1-3H3,(H,21,24). The zero-order valence-corrected chi connectivity index (χ0v) is 15.3. The number of aromatic amines is 1. The van der Waals surface area contributed by atoms with Crippen LogP contribution in [0.5, 0.6) is 0 Å². The first-order valence-corrected chi connectivity index (χ1v) is 8.44. The summed E-state index contributed by atoms with van der Waals surface area (Å²) >= 11 is 0. The minimum atomic E-state index is -0.767. The molecule has 0 aliphatic carbocycles. The second-order valence-electron chi connectivity index (χ2n) is 5.53. The summed E-state index contributed by atoms with van der Waals surface area (Å²) in [5, 5.41) is 0. The quantitative estimate of drug-likeness (QED) is 0.583. The molecule has 0 radical (unpaired) electrons. The molecular weight excluding hydrogens is 352 g/mol. The van der Waals surface area contributed by atoms with E-state index in [1.54, 1.807) is 32.0 Å². The van der Waals surface area contributed by atoms with Crippen molar-refractivity contribution in [1.29, 1.82) is 0 Å². The molecule has 2 aromatic rings. The van der Waals surface area contributed by atoms with E-state index in [9.17, 15) is 19.2 Å². The molecular formula is C19H20N2O6. The van der Waals surface area contributed by atoms with Crippen LogP contribution in [0, 0.1) is 0 Å². The monoisotopic (exact) mass is 372 g/mol. The van der Waals surface area contributed by atoms with E-state index in [1.807, 2.05) is 0 Å². The fourth-order valence-electron chi connectivity index (χ4n) is 2.69. The number of hydrogen-bond donors (Lipinski definition) is 1. The number of hydrogen-bond acceptors (Lipinski definition) is 7. The Kier molecular flexibility index (Phi) is 6.59. The average molecular weight is 372 g/mol. The average Bonchev–Trinajstić information content (AvgIpc) is 2.62. The highest BCUT2D eigenvalue weighted by atomic mass is 16.5. The molecule has 8 heteroatoms. The Balaban J connectivity index is 2.84. The van der Waals surface area contributed by atoms with Gasteiger partial charge in [-0.2, -0.15) is 0 Å². The lowest BCUT2D eigenvalue weighted by molar-refractivity contribution is -0.142. The number of nitrogens with one attached hydrogen (secondary N) is 1. The molecule has 0 saturated carbocycles. The van der Waals surface area contributed by atoms with E-state index in [4.69, 9.17) is 9.47 Å². The predicted octanol–water partition coefficient (Wildman–Crippen LogP) is 1.92. The largest absolute Gasteiger partial charge is 0.466 e. The van der Waals surface area contributed by atoms with Gasteiger partial charge >= 0.3 is 11.9 Å². The van der Waals surface area contributed by atoms with Crippen LogP contribution in [0.4, 0.5) is 0 Å². The van der Waals surface area contributed by atoms with Gasteiger partial charge in [0.05, 0.1) is 42.1 Å². The number of carbonyl (C=O) groups is 3. The predicted molar refractivity (Wildman–Crippen MR) is 96.6 cm³/mol. The van der Waals surface area contributed by atoms with Crippen LogP contribution < -0.4 is 5.56 Å². The Labute approximate surface area is 155 Å². The molecule has 0 unspecified atom stereocenters. The smallest absolute Gasteiger partial charge is 0.340 e. The van der Waals surface area contributed by atoms with E-state index >= 15 is 0 Å². The Hall–Kier alpha value is -3.29. The van der Waals surface area contributed by atoms with Gasteiger partial charge in [-0.05, 0) is 38.5 Å². The van der Waals surface area contributed by atoms with Crippen LogP contribution in [-0.4, -0.2) is 40.9 Å². The van der Waals surface area contributed by atoms with Crippen molar-refractivity contribution < 1.29 is 23.9 Å². The van der Waals surface area contributed by atoms with Gasteiger partial charge < -0.3 is 14.5 Å². The Morgan fingerprint density at radius 3 is 2.33 bits per heavy atom. The molecule has 0 atom stereocenters. The van der Waals surface area contributed by atoms with Gasteiger partial charge in [-0.3, -0.25) is 19.4 Å². The van der Waals surface area contributed by atoms with E-state index in [-0.39, 0.29) is 35.6 Å². The molecule has 2 heterocycles. The summed E-state index contributed by atoms with van der Waals surface area (Å²) < 4.78 is 10.0. The topological polar surface area (TPSA) is 115 Å². The van der Waals surface area contributed by atoms with E-state index in [0.29, 0.717) is 5.69 Å². The first-order chi connectivity index (χ1) is 12.9. The zero-order chi connectivity index (χ0) is 20.0. The van der Waals surface area contributed by atoms with Gasteiger partial charge in [0, 0.05) is 6.20 Å². The minimum Gasteiger partial charge on any atom is -0.466 e. The van der Waals surface area contributed by atoms with Crippen LogP contribution in [-0.2, 0) is 20.7 Å². The Bertz CT molecular complexity index is 918. The first kappa shape index (κ1) is 20.0. The fourth-order valence-corrected chi connectivity index (χ4v) is 2.69. The number of H-pyrrole nitrogens is 1. The molecule has 142 valence electrons. The number of esters is 2. The zero-order valence-electron chi connectivity index (χ0n) is 15.3. The summed E-state index contributed by atoms with van der Waals surface area (Å²) in [4.78, 5) is 56.0. The van der Waals surface area contributed by atoms with E-state index in [1.165, 1.54) is 13.1 Å². The number of ether oxygens (including phenoxy) is 2. The second kappa shape index (κ2) is 8.88. The van der Waals surface area contributed by atoms with Crippen LogP contribution >= 0.6 is 0 Å². The lowest BCUT2D eigenvalue weighted by Gasteiger charge is -2.15. The summed E-state index contributed by atoms with van der Waals surface area (Å²) in [6.07, 6.45) is 1.08. The number of ketones is 1. The second-order valence-corrected chi connectivity index (χ2v) is 5.53. The normalized spacial score (nSPS) is 10.3. The molecule has 8 nitrogen and oxygen atoms in total. The summed E-state index contributed by atoms with van der Waals surface area (Å²) in [5.41, 5.74) is -0.695. The van der Waals surface area contributed by atoms with Crippen molar-refractivity contribution in [1.82, 2.24) is 9.97 Å². The number of Topliss-reactive ketones (excluding diaryl/α,β-unsaturated/α-hetero) is 1. The molecule has 0 amide bonds. The molecule has 0 bridgehead atoms. The molecule has 2 aromatic heterocycles. The molecule has 0 aliphatic rings. The van der Waals surface area contributed by atoms with Gasteiger partial charge in [0.25, 0.3) is 5.56 Å². The molecule has 0 aromatic carbocycles. The molecule has 1 N–H and O–H groups in total. The maximum atomic E-state index is 12.6. The number of carbonyl (C=O) groups excluding carboxylic acids is 3. The summed E-state index contributed by atoms with van der Waals surface area (Å²) in [6.45, 7) is 4.65. The molecule has 27 heavy (non-hydrogen) atoms. The minimum absolute atomic E-state index is 0.0243. The van der Waals surface area contributed by atoms with Crippen molar-refractivity contribution in [3.8, 4) is 11.4 Å². The van der Waals surface area contributed by atoms with Crippen LogP contribution in [0.2, 0.25) is 0 Å². The summed E-state index contributed by atoms with van der Waals surface area (Å²) in [7, 11) is 0. The molecule has 0 fully saturated rings.